The van der Waals surface area contributed by atoms with E-state index in [1.165, 1.54) is 25.8 Å². The lowest BCUT2D eigenvalue weighted by Crippen LogP contribution is -2.55. The predicted molar refractivity (Wildman–Crippen MR) is 65.1 cm³/mol. The summed E-state index contributed by atoms with van der Waals surface area (Å²) in [6.45, 7) is 11.9. The van der Waals surface area contributed by atoms with Gasteiger partial charge in [-0.1, -0.05) is 27.7 Å². The first-order chi connectivity index (χ1) is 7.26. The van der Waals surface area contributed by atoms with Crippen LogP contribution in [-0.4, -0.2) is 25.8 Å². The van der Waals surface area contributed by atoms with Gasteiger partial charge in [0.1, 0.15) is 0 Å². The Bertz CT molecular complexity index is 181. The molecule has 2 saturated heterocycles. The van der Waals surface area contributed by atoms with Crippen molar-refractivity contribution in [3.63, 3.8) is 0 Å². The fourth-order valence-corrected chi connectivity index (χ4v) is 2.86. The van der Waals surface area contributed by atoms with Crippen molar-refractivity contribution in [1.82, 2.24) is 5.32 Å². The minimum Gasteiger partial charge on any atom is -0.377 e. The summed E-state index contributed by atoms with van der Waals surface area (Å²) in [5.41, 5.74) is 0.476. The molecule has 90 valence electrons. The van der Waals surface area contributed by atoms with Crippen LogP contribution in [0.25, 0.3) is 0 Å². The average molecular weight is 213 g/mol. The number of nitrogens with one attached hydrogen (secondary N) is 1. The lowest BCUT2D eigenvalue weighted by molar-refractivity contribution is -0.0905. The Balaban J connectivity index is 0.000000531. The molecule has 3 atom stereocenters. The molecule has 2 aliphatic rings. The fraction of sp³-hybridized carbons (Fsp3) is 1.00. The van der Waals surface area contributed by atoms with Crippen LogP contribution in [0, 0.1) is 11.3 Å². The summed E-state index contributed by atoms with van der Waals surface area (Å²) in [7, 11) is 0. The summed E-state index contributed by atoms with van der Waals surface area (Å²) in [6, 6.07) is 0. The van der Waals surface area contributed by atoms with Gasteiger partial charge in [0.25, 0.3) is 0 Å². The van der Waals surface area contributed by atoms with E-state index in [1.807, 2.05) is 13.8 Å². The highest BCUT2D eigenvalue weighted by Gasteiger charge is 2.42. The molecule has 0 aromatic heterocycles. The van der Waals surface area contributed by atoms with Crippen LogP contribution in [0.4, 0.5) is 0 Å². The molecule has 0 aromatic rings. The fourth-order valence-electron chi connectivity index (χ4n) is 2.86. The predicted octanol–water partition coefficient (Wildman–Crippen LogP) is 2.83. The summed E-state index contributed by atoms with van der Waals surface area (Å²) in [5, 5.41) is 3.50. The van der Waals surface area contributed by atoms with Crippen LogP contribution in [0.5, 0.6) is 0 Å². The van der Waals surface area contributed by atoms with E-state index in [2.05, 4.69) is 19.2 Å². The van der Waals surface area contributed by atoms with Gasteiger partial charge in [-0.2, -0.15) is 0 Å². The Labute approximate surface area is 94.8 Å². The number of fused-ring (bicyclic) bond motifs is 1. The summed E-state index contributed by atoms with van der Waals surface area (Å²) in [4.78, 5) is 0. The van der Waals surface area contributed by atoms with Crippen molar-refractivity contribution in [2.75, 3.05) is 19.7 Å². The van der Waals surface area contributed by atoms with Gasteiger partial charge < -0.3 is 10.1 Å². The highest BCUT2D eigenvalue weighted by molar-refractivity contribution is 4.94. The van der Waals surface area contributed by atoms with E-state index in [0.717, 1.165) is 19.1 Å². The zero-order valence-corrected chi connectivity index (χ0v) is 10.8. The maximum absolute atomic E-state index is 5.82. The van der Waals surface area contributed by atoms with Crippen molar-refractivity contribution in [3.05, 3.63) is 0 Å². The van der Waals surface area contributed by atoms with Gasteiger partial charge in [-0.05, 0) is 30.6 Å². The molecule has 2 rings (SSSR count). The summed E-state index contributed by atoms with van der Waals surface area (Å²) < 4.78 is 5.82. The molecule has 2 aliphatic heterocycles. The van der Waals surface area contributed by atoms with Gasteiger partial charge in [0.05, 0.1) is 6.10 Å². The van der Waals surface area contributed by atoms with Crippen molar-refractivity contribution in [2.45, 2.75) is 53.1 Å². The second kappa shape index (κ2) is 5.86. The number of hydrogen-bond acceptors (Lipinski definition) is 2. The minimum atomic E-state index is 0.476. The third kappa shape index (κ3) is 2.73. The smallest absolute Gasteiger partial charge is 0.0733 e. The Morgan fingerprint density at radius 1 is 1.40 bits per heavy atom. The first kappa shape index (κ1) is 13.0. The normalized spacial score (nSPS) is 40.0. The lowest BCUT2D eigenvalue weighted by Gasteiger charge is -2.48. The molecule has 1 N–H and O–H groups in total. The maximum atomic E-state index is 5.82. The molecule has 0 bridgehead atoms. The first-order valence-electron chi connectivity index (χ1n) is 6.58. The first-order valence-corrected chi connectivity index (χ1v) is 6.58. The van der Waals surface area contributed by atoms with Crippen LogP contribution in [0.2, 0.25) is 0 Å². The van der Waals surface area contributed by atoms with Crippen molar-refractivity contribution in [3.8, 4) is 0 Å². The van der Waals surface area contributed by atoms with Gasteiger partial charge >= 0.3 is 0 Å². The van der Waals surface area contributed by atoms with Crippen LogP contribution in [0.3, 0.4) is 0 Å². The quantitative estimate of drug-likeness (QED) is 0.723. The molecule has 0 aromatic carbocycles. The van der Waals surface area contributed by atoms with Gasteiger partial charge in [-0.3, -0.25) is 0 Å². The maximum Gasteiger partial charge on any atom is 0.0733 e. The minimum absolute atomic E-state index is 0.476. The lowest BCUT2D eigenvalue weighted by atomic mass is 9.67. The molecule has 0 amide bonds. The number of piperidine rings is 1. The number of rotatable bonds is 1. The zero-order valence-electron chi connectivity index (χ0n) is 10.8. The third-order valence-corrected chi connectivity index (χ3v) is 4.02. The molecule has 2 heterocycles. The Hall–Kier alpha value is -0.0800. The molecule has 0 aliphatic carbocycles. The average Bonchev–Trinajstić information content (AvgIpc) is 2.32. The molecule has 15 heavy (non-hydrogen) atoms. The van der Waals surface area contributed by atoms with E-state index in [9.17, 15) is 0 Å². The monoisotopic (exact) mass is 213 g/mol. The Morgan fingerprint density at radius 3 is 2.80 bits per heavy atom. The zero-order chi connectivity index (χ0) is 11.3. The molecule has 2 fully saturated rings. The van der Waals surface area contributed by atoms with E-state index in [0.29, 0.717) is 11.5 Å². The molecule has 2 heteroatoms. The summed E-state index contributed by atoms with van der Waals surface area (Å²) in [5.74, 6) is 0.799. The summed E-state index contributed by atoms with van der Waals surface area (Å²) >= 11 is 0. The van der Waals surface area contributed by atoms with Crippen molar-refractivity contribution in [1.29, 1.82) is 0 Å². The largest absolute Gasteiger partial charge is 0.377 e. The SMILES string of the molecule is CC.CCC1(C)CNCC2OCCCC21. The molecule has 2 nitrogen and oxygen atoms in total. The van der Waals surface area contributed by atoms with Gasteiger partial charge in [0, 0.05) is 19.7 Å². The molecule has 0 spiro atoms. The highest BCUT2D eigenvalue weighted by Crippen LogP contribution is 2.41. The van der Waals surface area contributed by atoms with Crippen molar-refractivity contribution < 1.29 is 4.74 Å². The van der Waals surface area contributed by atoms with Crippen LogP contribution in [0.15, 0.2) is 0 Å². The Kier molecular flexibility index (Phi) is 5.07. The number of hydrogen-bond donors (Lipinski definition) is 1. The number of ether oxygens (including phenoxy) is 1. The van der Waals surface area contributed by atoms with E-state index in [1.54, 1.807) is 0 Å². The molecular formula is C13H27NO. The molecule has 3 unspecified atom stereocenters. The van der Waals surface area contributed by atoms with Crippen molar-refractivity contribution >= 4 is 0 Å². The van der Waals surface area contributed by atoms with Crippen LogP contribution >= 0.6 is 0 Å². The second-order valence-electron chi connectivity index (χ2n) is 4.80. The molecule has 0 saturated carbocycles. The highest BCUT2D eigenvalue weighted by atomic mass is 16.5. The van der Waals surface area contributed by atoms with E-state index >= 15 is 0 Å². The van der Waals surface area contributed by atoms with E-state index in [4.69, 9.17) is 4.74 Å². The topological polar surface area (TPSA) is 21.3 Å². The summed E-state index contributed by atoms with van der Waals surface area (Å²) in [6.07, 6.45) is 4.39. The van der Waals surface area contributed by atoms with Crippen LogP contribution < -0.4 is 5.32 Å². The van der Waals surface area contributed by atoms with Gasteiger partial charge in [0.15, 0.2) is 0 Å². The third-order valence-electron chi connectivity index (χ3n) is 4.02. The van der Waals surface area contributed by atoms with Gasteiger partial charge in [-0.25, -0.2) is 0 Å². The molecule has 0 radical (unpaired) electrons. The van der Waals surface area contributed by atoms with E-state index < -0.39 is 0 Å². The second-order valence-corrected chi connectivity index (χ2v) is 4.80. The van der Waals surface area contributed by atoms with Gasteiger partial charge in [-0.15, -0.1) is 0 Å². The Morgan fingerprint density at radius 2 is 2.13 bits per heavy atom. The van der Waals surface area contributed by atoms with Crippen LogP contribution in [-0.2, 0) is 4.74 Å². The molecular weight excluding hydrogens is 186 g/mol. The standard InChI is InChI=1S/C11H21NO.C2H6/c1-3-11(2)8-12-7-10-9(11)5-4-6-13-10;1-2/h9-10,12H,3-8H2,1-2H3;1-2H3. The van der Waals surface area contributed by atoms with Crippen LogP contribution in [0.1, 0.15) is 47.0 Å². The van der Waals surface area contributed by atoms with Gasteiger partial charge in [0.2, 0.25) is 0 Å². The van der Waals surface area contributed by atoms with E-state index in [-0.39, 0.29) is 0 Å². The van der Waals surface area contributed by atoms with Crippen molar-refractivity contribution in [2.24, 2.45) is 11.3 Å².